The van der Waals surface area contributed by atoms with Crippen molar-refractivity contribution in [1.29, 1.82) is 0 Å². The lowest BCUT2D eigenvalue weighted by molar-refractivity contribution is -0.135. The smallest absolute Gasteiger partial charge is 0.317 e. The Morgan fingerprint density at radius 3 is 2.12 bits per heavy atom. The Balaban J connectivity index is 0.000000377. The zero-order valence-corrected chi connectivity index (χ0v) is 21.7. The third-order valence-electron chi connectivity index (χ3n) is 11.3. The van der Waals surface area contributed by atoms with Gasteiger partial charge in [-0.05, 0) is 125 Å². The summed E-state index contributed by atoms with van der Waals surface area (Å²) in [5.41, 5.74) is 6.79. The SMILES string of the molecule is C.CCC1CCC2C3CCC4C(C)C(NC)CCC45CC35CCC12C.CN.CNCC(=O)O. The summed E-state index contributed by atoms with van der Waals surface area (Å²) >= 11 is 0. The predicted molar refractivity (Wildman–Crippen MR) is 139 cm³/mol. The second-order valence-corrected chi connectivity index (χ2v) is 11.8. The maximum Gasteiger partial charge on any atom is 0.317 e. The molecule has 0 heterocycles. The molecule has 33 heavy (non-hydrogen) atoms. The molecule has 5 nitrogen and oxygen atoms in total. The summed E-state index contributed by atoms with van der Waals surface area (Å²) in [5, 5.41) is 14.0. The van der Waals surface area contributed by atoms with Crippen molar-refractivity contribution < 1.29 is 9.90 Å². The topological polar surface area (TPSA) is 87.4 Å². The first-order valence-corrected chi connectivity index (χ1v) is 13.4. The summed E-state index contributed by atoms with van der Waals surface area (Å²) in [5.74, 6) is 4.33. The van der Waals surface area contributed by atoms with Gasteiger partial charge < -0.3 is 21.5 Å². The third-order valence-corrected chi connectivity index (χ3v) is 11.3. The summed E-state index contributed by atoms with van der Waals surface area (Å²) in [7, 11) is 5.29. The lowest BCUT2D eigenvalue weighted by atomic mass is 9.48. The van der Waals surface area contributed by atoms with Gasteiger partial charge in [0, 0.05) is 6.04 Å². The van der Waals surface area contributed by atoms with Crippen LogP contribution in [-0.2, 0) is 4.79 Å². The number of carboxylic acid groups (broad SMARTS) is 1. The van der Waals surface area contributed by atoms with Crippen molar-refractivity contribution in [3.8, 4) is 0 Å². The molecule has 9 unspecified atom stereocenters. The van der Waals surface area contributed by atoms with Crippen LogP contribution in [0.15, 0.2) is 0 Å². The predicted octanol–water partition coefficient (Wildman–Crippen LogP) is 5.14. The second kappa shape index (κ2) is 11.0. The number of likely N-dealkylation sites (N-methyl/N-ethyl adjacent to an activating group) is 1. The molecule has 194 valence electrons. The van der Waals surface area contributed by atoms with Crippen LogP contribution in [-0.4, -0.2) is 44.8 Å². The van der Waals surface area contributed by atoms with E-state index >= 15 is 0 Å². The number of hydrogen-bond acceptors (Lipinski definition) is 4. The molecule has 5 saturated carbocycles. The number of nitrogens with one attached hydrogen (secondary N) is 2. The van der Waals surface area contributed by atoms with Crippen molar-refractivity contribution in [2.24, 2.45) is 51.6 Å². The molecule has 0 amide bonds. The van der Waals surface area contributed by atoms with Gasteiger partial charge in [-0.3, -0.25) is 4.79 Å². The molecule has 0 aromatic carbocycles. The van der Waals surface area contributed by atoms with E-state index in [-0.39, 0.29) is 14.0 Å². The normalized spacial score (nSPS) is 46.4. The van der Waals surface area contributed by atoms with Crippen LogP contribution >= 0.6 is 0 Å². The Morgan fingerprint density at radius 2 is 1.58 bits per heavy atom. The molecular formula is C28H55N3O2. The first kappa shape index (κ1) is 28.6. The van der Waals surface area contributed by atoms with E-state index in [1.165, 1.54) is 19.9 Å². The van der Waals surface area contributed by atoms with Gasteiger partial charge >= 0.3 is 5.97 Å². The largest absolute Gasteiger partial charge is 0.480 e. The van der Waals surface area contributed by atoms with Gasteiger partial charge in [0.15, 0.2) is 0 Å². The molecule has 9 atom stereocenters. The molecular weight excluding hydrogens is 410 g/mol. The van der Waals surface area contributed by atoms with E-state index in [9.17, 15) is 4.79 Å². The van der Waals surface area contributed by atoms with Crippen LogP contribution in [0.2, 0.25) is 0 Å². The summed E-state index contributed by atoms with van der Waals surface area (Å²) < 4.78 is 0. The third kappa shape index (κ3) is 4.40. The number of rotatable bonds is 4. The minimum Gasteiger partial charge on any atom is -0.480 e. The van der Waals surface area contributed by atoms with Gasteiger partial charge in [-0.1, -0.05) is 34.6 Å². The molecule has 5 heteroatoms. The van der Waals surface area contributed by atoms with Crippen LogP contribution in [0.4, 0.5) is 0 Å². The van der Waals surface area contributed by atoms with Crippen LogP contribution < -0.4 is 16.4 Å². The van der Waals surface area contributed by atoms with Crippen molar-refractivity contribution in [3.05, 3.63) is 0 Å². The standard InChI is InChI=1S/C23H39N.C3H7NO2.CH5N.CH4/c1-5-16-6-7-18-19-9-8-17-15(2)20(24-4)10-11-22(17)14-23(19,22)13-12-21(16,18)3;1-4-2-3(5)6;1-2;/h15-20,24H,5-14H2,1-4H3;4H,2H2,1H3,(H,5,6);2H2,1H3;1H4. The summed E-state index contributed by atoms with van der Waals surface area (Å²) in [6, 6.07) is 0.791. The van der Waals surface area contributed by atoms with Gasteiger partial charge in [-0.25, -0.2) is 0 Å². The fraction of sp³-hybridized carbons (Fsp3) is 0.964. The van der Waals surface area contributed by atoms with Gasteiger partial charge in [-0.15, -0.1) is 0 Å². The molecule has 2 spiro atoms. The Bertz CT molecular complexity index is 657. The van der Waals surface area contributed by atoms with E-state index in [4.69, 9.17) is 5.11 Å². The maximum absolute atomic E-state index is 9.54. The Hall–Kier alpha value is -0.650. The van der Waals surface area contributed by atoms with E-state index in [0.29, 0.717) is 5.41 Å². The molecule has 0 radical (unpaired) electrons. The van der Waals surface area contributed by atoms with Crippen molar-refractivity contribution in [1.82, 2.24) is 10.6 Å². The highest BCUT2D eigenvalue weighted by Crippen LogP contribution is 2.85. The molecule has 5 aliphatic carbocycles. The van der Waals surface area contributed by atoms with Crippen LogP contribution in [0.5, 0.6) is 0 Å². The lowest BCUT2D eigenvalue weighted by Crippen LogP contribution is -2.52. The molecule has 0 aromatic heterocycles. The minimum atomic E-state index is -0.822. The van der Waals surface area contributed by atoms with Gasteiger partial charge in [0.2, 0.25) is 0 Å². The van der Waals surface area contributed by atoms with Crippen LogP contribution in [0.25, 0.3) is 0 Å². The van der Waals surface area contributed by atoms with Crippen molar-refractivity contribution in [2.45, 2.75) is 98.4 Å². The lowest BCUT2D eigenvalue weighted by Gasteiger charge is -2.57. The van der Waals surface area contributed by atoms with Crippen LogP contribution in [0, 0.1) is 45.8 Å². The number of carboxylic acids is 1. The Kier molecular flexibility index (Phi) is 9.49. The highest BCUT2D eigenvalue weighted by Gasteiger charge is 2.78. The zero-order chi connectivity index (χ0) is 23.7. The molecule has 5 N–H and O–H groups in total. The van der Waals surface area contributed by atoms with Crippen LogP contribution in [0.3, 0.4) is 0 Å². The molecule has 0 saturated heterocycles. The van der Waals surface area contributed by atoms with Crippen molar-refractivity contribution >= 4 is 5.97 Å². The first-order valence-electron chi connectivity index (χ1n) is 13.4. The number of aliphatic carboxylic acids is 1. The van der Waals surface area contributed by atoms with E-state index in [2.05, 4.69) is 44.2 Å². The molecule has 0 aliphatic heterocycles. The molecule has 5 fully saturated rings. The minimum absolute atomic E-state index is 0. The van der Waals surface area contributed by atoms with Crippen molar-refractivity contribution in [2.75, 3.05) is 27.7 Å². The highest BCUT2D eigenvalue weighted by molar-refractivity contribution is 5.68. The Morgan fingerprint density at radius 1 is 0.970 bits per heavy atom. The van der Waals surface area contributed by atoms with E-state index in [1.54, 1.807) is 58.4 Å². The molecule has 5 rings (SSSR count). The Labute approximate surface area is 204 Å². The monoisotopic (exact) mass is 465 g/mol. The van der Waals surface area contributed by atoms with Gasteiger partial charge in [0.1, 0.15) is 0 Å². The van der Waals surface area contributed by atoms with Gasteiger partial charge in [0.05, 0.1) is 6.54 Å². The fourth-order valence-electron chi connectivity index (χ4n) is 9.90. The first-order chi connectivity index (χ1) is 15.3. The quantitative estimate of drug-likeness (QED) is 0.461. The van der Waals surface area contributed by atoms with Crippen LogP contribution in [0.1, 0.15) is 92.4 Å². The van der Waals surface area contributed by atoms with Gasteiger partial charge in [0.25, 0.3) is 0 Å². The fourth-order valence-corrected chi connectivity index (χ4v) is 9.90. The zero-order valence-electron chi connectivity index (χ0n) is 21.7. The highest BCUT2D eigenvalue weighted by atomic mass is 16.4. The van der Waals surface area contributed by atoms with Gasteiger partial charge in [-0.2, -0.15) is 0 Å². The summed E-state index contributed by atoms with van der Waals surface area (Å²) in [6.07, 6.45) is 15.4. The number of carbonyl (C=O) groups is 1. The van der Waals surface area contributed by atoms with Crippen molar-refractivity contribution in [3.63, 3.8) is 0 Å². The number of nitrogens with two attached hydrogens (primary N) is 1. The van der Waals surface area contributed by atoms with E-state index < -0.39 is 5.97 Å². The van der Waals surface area contributed by atoms with E-state index in [0.717, 1.165) is 46.5 Å². The molecule has 0 aromatic rings. The second-order valence-electron chi connectivity index (χ2n) is 11.8. The maximum atomic E-state index is 9.54. The summed E-state index contributed by atoms with van der Waals surface area (Å²) in [4.78, 5) is 9.54. The average molecular weight is 466 g/mol. The number of fused-ring (bicyclic) bond motifs is 2. The van der Waals surface area contributed by atoms with E-state index in [1.807, 2.05) is 0 Å². The number of hydrogen-bond donors (Lipinski definition) is 4. The average Bonchev–Trinajstić information content (AvgIpc) is 3.32. The molecule has 0 bridgehead atoms. The summed E-state index contributed by atoms with van der Waals surface area (Å²) in [6.45, 7) is 7.78. The molecule has 5 aliphatic rings.